The number of hydrogen-bond acceptors (Lipinski definition) is 5. The lowest BCUT2D eigenvalue weighted by molar-refractivity contribution is 0.753. The molecule has 0 unspecified atom stereocenters. The molecule has 6 heteroatoms. The second-order valence-corrected chi connectivity index (χ2v) is 4.14. The molecule has 0 aliphatic heterocycles. The summed E-state index contributed by atoms with van der Waals surface area (Å²) >= 11 is 0. The summed E-state index contributed by atoms with van der Waals surface area (Å²) in [5, 5.41) is 4.45. The molecule has 0 spiro atoms. The highest BCUT2D eigenvalue weighted by molar-refractivity contribution is 5.40. The highest BCUT2D eigenvalue weighted by Gasteiger charge is 2.07. The summed E-state index contributed by atoms with van der Waals surface area (Å²) in [5.41, 5.74) is 3.55. The minimum absolute atomic E-state index is 0.395. The van der Waals surface area contributed by atoms with Crippen LogP contribution in [0.4, 0.5) is 5.82 Å². The molecule has 0 amide bonds. The van der Waals surface area contributed by atoms with E-state index in [1.807, 2.05) is 19.2 Å². The summed E-state index contributed by atoms with van der Waals surface area (Å²) in [6, 6.07) is 3.74. The fraction of sp³-hybridized carbons (Fsp3) is 0.364. The van der Waals surface area contributed by atoms with E-state index in [2.05, 4.69) is 34.3 Å². The van der Waals surface area contributed by atoms with Crippen LogP contribution in [-0.2, 0) is 0 Å². The van der Waals surface area contributed by atoms with E-state index in [0.717, 1.165) is 5.69 Å². The van der Waals surface area contributed by atoms with Gasteiger partial charge in [0.1, 0.15) is 11.6 Å². The van der Waals surface area contributed by atoms with E-state index in [4.69, 9.17) is 5.84 Å². The van der Waals surface area contributed by atoms with Gasteiger partial charge >= 0.3 is 0 Å². The molecule has 0 aliphatic rings. The Balaban J connectivity index is 2.41. The minimum atomic E-state index is 0.395. The van der Waals surface area contributed by atoms with Gasteiger partial charge in [0.15, 0.2) is 5.82 Å². The Morgan fingerprint density at radius 1 is 1.35 bits per heavy atom. The molecule has 0 aliphatic carbocycles. The quantitative estimate of drug-likeness (QED) is 0.617. The summed E-state index contributed by atoms with van der Waals surface area (Å²) in [6.07, 6.45) is 1.89. The van der Waals surface area contributed by atoms with Crippen LogP contribution in [0.3, 0.4) is 0 Å². The fourth-order valence-corrected chi connectivity index (χ4v) is 1.52. The topological polar surface area (TPSA) is 81.6 Å². The van der Waals surface area contributed by atoms with Crippen molar-refractivity contribution in [2.24, 2.45) is 5.84 Å². The van der Waals surface area contributed by atoms with Gasteiger partial charge < -0.3 is 5.43 Å². The Bertz CT molecular complexity index is 516. The summed E-state index contributed by atoms with van der Waals surface area (Å²) in [4.78, 5) is 8.45. The van der Waals surface area contributed by atoms with E-state index in [0.29, 0.717) is 23.4 Å². The molecule has 3 N–H and O–H groups in total. The molecule has 6 nitrogen and oxygen atoms in total. The molecule has 0 bridgehead atoms. The molecule has 0 fully saturated rings. The highest BCUT2D eigenvalue weighted by atomic mass is 15.3. The molecule has 2 aromatic heterocycles. The monoisotopic (exact) mass is 232 g/mol. The Kier molecular flexibility index (Phi) is 3.06. The number of aryl methyl sites for hydroxylation is 1. The SMILES string of the molecule is Cc1nc(NN)cc(-n2ccc(C(C)C)n2)n1. The maximum absolute atomic E-state index is 5.35. The maximum atomic E-state index is 5.35. The van der Waals surface area contributed by atoms with Crippen LogP contribution in [0.5, 0.6) is 0 Å². The number of hydrazine groups is 1. The Morgan fingerprint density at radius 2 is 2.12 bits per heavy atom. The van der Waals surface area contributed by atoms with Gasteiger partial charge in [-0.3, -0.25) is 0 Å². The molecule has 0 saturated carbocycles. The third-order valence-corrected chi connectivity index (χ3v) is 2.41. The van der Waals surface area contributed by atoms with E-state index in [1.165, 1.54) is 0 Å². The largest absolute Gasteiger partial charge is 0.308 e. The first-order chi connectivity index (χ1) is 8.10. The van der Waals surface area contributed by atoms with Gasteiger partial charge in [0.25, 0.3) is 0 Å². The maximum Gasteiger partial charge on any atom is 0.159 e. The third-order valence-electron chi connectivity index (χ3n) is 2.41. The zero-order chi connectivity index (χ0) is 12.4. The van der Waals surface area contributed by atoms with Crippen LogP contribution in [0.2, 0.25) is 0 Å². The molecule has 0 radical (unpaired) electrons. The molecule has 2 rings (SSSR count). The molecule has 0 saturated heterocycles. The first-order valence-electron chi connectivity index (χ1n) is 5.48. The van der Waals surface area contributed by atoms with Gasteiger partial charge in [-0.15, -0.1) is 0 Å². The van der Waals surface area contributed by atoms with Crippen molar-refractivity contribution in [3.05, 3.63) is 29.8 Å². The Labute approximate surface area is 99.9 Å². The van der Waals surface area contributed by atoms with E-state index < -0.39 is 0 Å². The molecule has 2 aromatic rings. The lowest BCUT2D eigenvalue weighted by Crippen LogP contribution is -2.11. The second kappa shape index (κ2) is 4.50. The standard InChI is InChI=1S/C11H16N6/c1-7(2)9-4-5-17(16-9)11-6-10(15-12)13-8(3)14-11/h4-7H,12H2,1-3H3,(H,13,14,15). The van der Waals surface area contributed by atoms with Gasteiger partial charge in [-0.2, -0.15) is 5.10 Å². The summed E-state index contributed by atoms with van der Waals surface area (Å²) < 4.78 is 1.73. The van der Waals surface area contributed by atoms with E-state index in [1.54, 1.807) is 10.7 Å². The van der Waals surface area contributed by atoms with Crippen LogP contribution in [0.15, 0.2) is 18.3 Å². The molecule has 0 atom stereocenters. The number of hydrogen-bond donors (Lipinski definition) is 2. The highest BCUT2D eigenvalue weighted by Crippen LogP contribution is 2.14. The van der Waals surface area contributed by atoms with Gasteiger partial charge in [-0.1, -0.05) is 13.8 Å². The summed E-state index contributed by atoms with van der Waals surface area (Å²) in [7, 11) is 0. The van der Waals surface area contributed by atoms with Crippen molar-refractivity contribution in [2.45, 2.75) is 26.7 Å². The number of nitrogens with two attached hydrogens (primary N) is 1. The van der Waals surface area contributed by atoms with Gasteiger partial charge in [-0.05, 0) is 18.9 Å². The van der Waals surface area contributed by atoms with E-state index in [9.17, 15) is 0 Å². The zero-order valence-corrected chi connectivity index (χ0v) is 10.2. The van der Waals surface area contributed by atoms with Gasteiger partial charge in [0, 0.05) is 12.3 Å². The van der Waals surface area contributed by atoms with Crippen LogP contribution >= 0.6 is 0 Å². The number of nitrogen functional groups attached to an aromatic ring is 1. The number of nitrogens with zero attached hydrogens (tertiary/aromatic N) is 4. The molecule has 17 heavy (non-hydrogen) atoms. The average molecular weight is 232 g/mol. The normalized spacial score (nSPS) is 10.9. The number of rotatable bonds is 3. The van der Waals surface area contributed by atoms with Crippen molar-refractivity contribution in [2.75, 3.05) is 5.43 Å². The first kappa shape index (κ1) is 11.5. The third kappa shape index (κ3) is 2.42. The van der Waals surface area contributed by atoms with E-state index >= 15 is 0 Å². The molecule has 0 aromatic carbocycles. The van der Waals surface area contributed by atoms with Crippen LogP contribution in [0.25, 0.3) is 5.82 Å². The predicted octanol–water partition coefficient (Wildman–Crippen LogP) is 1.38. The number of nitrogens with one attached hydrogen (secondary N) is 1. The van der Waals surface area contributed by atoms with Gasteiger partial charge in [0.05, 0.1) is 5.69 Å². The Hall–Kier alpha value is -1.95. The van der Waals surface area contributed by atoms with Crippen molar-refractivity contribution < 1.29 is 0 Å². The van der Waals surface area contributed by atoms with Crippen LogP contribution in [0, 0.1) is 6.92 Å². The van der Waals surface area contributed by atoms with Crippen molar-refractivity contribution >= 4 is 5.82 Å². The summed E-state index contributed by atoms with van der Waals surface area (Å²) in [6.45, 7) is 6.02. The van der Waals surface area contributed by atoms with Crippen molar-refractivity contribution in [3.63, 3.8) is 0 Å². The molecular weight excluding hydrogens is 216 g/mol. The zero-order valence-electron chi connectivity index (χ0n) is 10.2. The molecule has 90 valence electrons. The first-order valence-corrected chi connectivity index (χ1v) is 5.48. The van der Waals surface area contributed by atoms with Crippen LogP contribution in [-0.4, -0.2) is 19.7 Å². The Morgan fingerprint density at radius 3 is 2.71 bits per heavy atom. The van der Waals surface area contributed by atoms with Crippen molar-refractivity contribution in [1.82, 2.24) is 19.7 Å². The predicted molar refractivity (Wildman–Crippen MR) is 65.8 cm³/mol. The summed E-state index contributed by atoms with van der Waals surface area (Å²) in [5.74, 6) is 7.68. The van der Waals surface area contributed by atoms with Crippen molar-refractivity contribution in [1.29, 1.82) is 0 Å². The molecule has 2 heterocycles. The van der Waals surface area contributed by atoms with E-state index in [-0.39, 0.29) is 0 Å². The average Bonchev–Trinajstić information content (AvgIpc) is 2.77. The molecular formula is C11H16N6. The van der Waals surface area contributed by atoms with Crippen LogP contribution < -0.4 is 11.3 Å². The fourth-order valence-electron chi connectivity index (χ4n) is 1.52. The number of anilines is 1. The second-order valence-electron chi connectivity index (χ2n) is 4.14. The smallest absolute Gasteiger partial charge is 0.159 e. The minimum Gasteiger partial charge on any atom is -0.308 e. The lowest BCUT2D eigenvalue weighted by Gasteiger charge is -2.05. The van der Waals surface area contributed by atoms with Crippen molar-refractivity contribution in [3.8, 4) is 5.82 Å². The lowest BCUT2D eigenvalue weighted by atomic mass is 10.1. The number of aromatic nitrogens is 4. The van der Waals surface area contributed by atoms with Gasteiger partial charge in [0.2, 0.25) is 0 Å². The van der Waals surface area contributed by atoms with Crippen LogP contribution in [0.1, 0.15) is 31.3 Å². The van der Waals surface area contributed by atoms with Gasteiger partial charge in [-0.25, -0.2) is 20.5 Å².